The molecule has 0 atom stereocenters. The lowest BCUT2D eigenvalue weighted by molar-refractivity contribution is 0.313. The molecule has 0 unspecified atom stereocenters. The third-order valence-electron chi connectivity index (χ3n) is 6.64. The SMILES string of the molecule is CN1CCN(c2ccc(Nc3ncc4c(=O)n(-c5ccccc5)nc(-c5cccnc5Cl)c4n3)cc2)CC1. The number of piperazine rings is 1. The van der Waals surface area contributed by atoms with E-state index in [9.17, 15) is 4.79 Å². The van der Waals surface area contributed by atoms with E-state index in [-0.39, 0.29) is 10.7 Å². The molecule has 0 aliphatic carbocycles. The van der Waals surface area contributed by atoms with Crippen LogP contribution >= 0.6 is 11.6 Å². The van der Waals surface area contributed by atoms with Gasteiger partial charge in [-0.25, -0.2) is 15.0 Å². The molecule has 1 fully saturated rings. The molecule has 1 saturated heterocycles. The number of nitrogens with zero attached hydrogens (tertiary/aromatic N) is 7. The number of anilines is 3. The second-order valence-electron chi connectivity index (χ2n) is 9.16. The Morgan fingerprint density at radius 2 is 1.63 bits per heavy atom. The number of hydrogen-bond donors (Lipinski definition) is 1. The predicted molar refractivity (Wildman–Crippen MR) is 151 cm³/mol. The van der Waals surface area contributed by atoms with Crippen LogP contribution in [0.2, 0.25) is 5.15 Å². The normalized spacial score (nSPS) is 14.1. The first kappa shape index (κ1) is 24.0. The van der Waals surface area contributed by atoms with Gasteiger partial charge in [0.05, 0.1) is 11.1 Å². The van der Waals surface area contributed by atoms with Gasteiger partial charge in [-0.05, 0) is 55.6 Å². The molecule has 2 aromatic carbocycles. The van der Waals surface area contributed by atoms with E-state index in [0.717, 1.165) is 31.9 Å². The Kier molecular flexibility index (Phi) is 6.45. The predicted octanol–water partition coefficient (Wildman–Crippen LogP) is 4.39. The fourth-order valence-electron chi connectivity index (χ4n) is 4.52. The van der Waals surface area contributed by atoms with Crippen molar-refractivity contribution in [2.75, 3.05) is 43.4 Å². The van der Waals surface area contributed by atoms with Crippen molar-refractivity contribution in [3.8, 4) is 16.9 Å². The Morgan fingerprint density at radius 1 is 0.868 bits per heavy atom. The lowest BCUT2D eigenvalue weighted by Crippen LogP contribution is -2.44. The molecular formula is C28H25ClN8O. The monoisotopic (exact) mass is 524 g/mol. The van der Waals surface area contributed by atoms with E-state index in [0.29, 0.717) is 33.8 Å². The van der Waals surface area contributed by atoms with Gasteiger partial charge in [0.1, 0.15) is 16.4 Å². The molecule has 0 radical (unpaired) electrons. The number of hydrogen-bond acceptors (Lipinski definition) is 8. The van der Waals surface area contributed by atoms with E-state index in [1.807, 2.05) is 48.5 Å². The molecule has 10 heteroatoms. The summed E-state index contributed by atoms with van der Waals surface area (Å²) in [5, 5.41) is 8.53. The molecule has 0 spiro atoms. The number of likely N-dealkylation sites (N-methyl/N-ethyl adjacent to an activating group) is 1. The van der Waals surface area contributed by atoms with Crippen molar-refractivity contribution in [3.63, 3.8) is 0 Å². The van der Waals surface area contributed by atoms with Crippen molar-refractivity contribution in [3.05, 3.63) is 94.6 Å². The Hall–Kier alpha value is -4.34. The maximum atomic E-state index is 13.4. The molecule has 0 amide bonds. The quantitative estimate of drug-likeness (QED) is 0.338. The van der Waals surface area contributed by atoms with Gasteiger partial charge in [0, 0.05) is 55.5 Å². The standard InChI is InChI=1S/C28H25ClN8O/c1-35-14-16-36(17-15-35)20-11-9-19(10-12-20)32-28-31-18-23-24(33-28)25(22-8-5-13-30-26(22)29)34-37(27(23)38)21-6-3-2-4-7-21/h2-13,18H,14-17H2,1H3,(H,31,32,33). The van der Waals surface area contributed by atoms with Crippen LogP contribution in [0, 0.1) is 0 Å². The first-order chi connectivity index (χ1) is 18.6. The van der Waals surface area contributed by atoms with Crippen molar-refractivity contribution < 1.29 is 0 Å². The summed E-state index contributed by atoms with van der Waals surface area (Å²) in [6.07, 6.45) is 3.13. The molecule has 1 aliphatic heterocycles. The molecule has 6 rings (SSSR count). The summed E-state index contributed by atoms with van der Waals surface area (Å²) in [4.78, 5) is 31.5. The van der Waals surface area contributed by atoms with Gasteiger partial charge in [0.2, 0.25) is 5.95 Å². The number of benzene rings is 2. The minimum absolute atomic E-state index is 0.271. The lowest BCUT2D eigenvalue weighted by atomic mass is 10.1. The van der Waals surface area contributed by atoms with E-state index in [2.05, 4.69) is 49.4 Å². The van der Waals surface area contributed by atoms with Crippen molar-refractivity contribution in [2.45, 2.75) is 0 Å². The van der Waals surface area contributed by atoms with Gasteiger partial charge >= 0.3 is 0 Å². The minimum Gasteiger partial charge on any atom is -0.369 e. The summed E-state index contributed by atoms with van der Waals surface area (Å²) < 4.78 is 1.34. The van der Waals surface area contributed by atoms with Crippen LogP contribution in [-0.4, -0.2) is 62.9 Å². The maximum Gasteiger partial charge on any atom is 0.282 e. The molecule has 0 saturated carbocycles. The Balaban J connectivity index is 1.39. The number of halogens is 1. The zero-order valence-corrected chi connectivity index (χ0v) is 21.5. The summed E-state index contributed by atoms with van der Waals surface area (Å²) in [7, 11) is 2.15. The van der Waals surface area contributed by atoms with E-state index in [1.165, 1.54) is 16.6 Å². The topological polar surface area (TPSA) is 92.1 Å². The van der Waals surface area contributed by atoms with Gasteiger partial charge in [-0.3, -0.25) is 4.79 Å². The number of nitrogens with one attached hydrogen (secondary N) is 1. The van der Waals surface area contributed by atoms with Crippen LogP contribution in [0.25, 0.3) is 27.8 Å². The number of rotatable bonds is 5. The lowest BCUT2D eigenvalue weighted by Gasteiger charge is -2.34. The summed E-state index contributed by atoms with van der Waals surface area (Å²) in [5.41, 5.74) is 3.74. The smallest absolute Gasteiger partial charge is 0.282 e. The highest BCUT2D eigenvalue weighted by Gasteiger charge is 2.19. The molecule has 0 bridgehead atoms. The van der Waals surface area contributed by atoms with Gasteiger partial charge < -0.3 is 15.1 Å². The number of pyridine rings is 1. The van der Waals surface area contributed by atoms with Crippen LogP contribution in [0.3, 0.4) is 0 Å². The van der Waals surface area contributed by atoms with Crippen molar-refractivity contribution >= 4 is 39.8 Å². The van der Waals surface area contributed by atoms with Crippen LogP contribution in [0.4, 0.5) is 17.3 Å². The summed E-state index contributed by atoms with van der Waals surface area (Å²) in [6.45, 7) is 4.11. The van der Waals surface area contributed by atoms with Gasteiger partial charge in [-0.2, -0.15) is 9.78 Å². The first-order valence-electron chi connectivity index (χ1n) is 12.3. The van der Waals surface area contributed by atoms with Crippen LogP contribution in [0.15, 0.2) is 83.9 Å². The van der Waals surface area contributed by atoms with E-state index in [1.54, 1.807) is 12.3 Å². The zero-order valence-electron chi connectivity index (χ0n) is 20.8. The van der Waals surface area contributed by atoms with Gasteiger partial charge in [-0.1, -0.05) is 29.8 Å². The average Bonchev–Trinajstić information content (AvgIpc) is 2.95. The van der Waals surface area contributed by atoms with E-state index in [4.69, 9.17) is 16.6 Å². The number of fused-ring (bicyclic) bond motifs is 1. The second kappa shape index (κ2) is 10.2. The Bertz CT molecular complexity index is 1650. The molecule has 5 aromatic rings. The summed E-state index contributed by atoms with van der Waals surface area (Å²) in [5.74, 6) is 0.352. The molecule has 1 N–H and O–H groups in total. The fourth-order valence-corrected chi connectivity index (χ4v) is 4.73. The minimum atomic E-state index is -0.321. The van der Waals surface area contributed by atoms with Gasteiger partial charge in [0.15, 0.2) is 0 Å². The highest BCUT2D eigenvalue weighted by atomic mass is 35.5. The van der Waals surface area contributed by atoms with Crippen molar-refractivity contribution in [1.82, 2.24) is 29.6 Å². The molecule has 4 heterocycles. The fraction of sp³-hybridized carbons (Fsp3) is 0.179. The van der Waals surface area contributed by atoms with E-state index >= 15 is 0 Å². The van der Waals surface area contributed by atoms with Crippen LogP contribution < -0.4 is 15.8 Å². The second-order valence-corrected chi connectivity index (χ2v) is 9.52. The number of aromatic nitrogens is 5. The summed E-state index contributed by atoms with van der Waals surface area (Å²) >= 11 is 6.45. The average molecular weight is 525 g/mol. The molecule has 38 heavy (non-hydrogen) atoms. The number of para-hydroxylation sites is 1. The van der Waals surface area contributed by atoms with Gasteiger partial charge in [0.25, 0.3) is 5.56 Å². The molecule has 1 aliphatic rings. The molecular weight excluding hydrogens is 500 g/mol. The summed E-state index contributed by atoms with van der Waals surface area (Å²) in [6, 6.07) is 21.0. The Morgan fingerprint density at radius 3 is 2.37 bits per heavy atom. The maximum absolute atomic E-state index is 13.4. The third-order valence-corrected chi connectivity index (χ3v) is 6.94. The third kappa shape index (κ3) is 4.69. The zero-order chi connectivity index (χ0) is 26.1. The largest absolute Gasteiger partial charge is 0.369 e. The molecule has 9 nitrogen and oxygen atoms in total. The molecule has 190 valence electrons. The van der Waals surface area contributed by atoms with Crippen molar-refractivity contribution in [2.24, 2.45) is 0 Å². The first-order valence-corrected chi connectivity index (χ1v) is 12.7. The highest BCUT2D eigenvalue weighted by molar-refractivity contribution is 6.32. The van der Waals surface area contributed by atoms with E-state index < -0.39 is 0 Å². The van der Waals surface area contributed by atoms with Crippen LogP contribution in [-0.2, 0) is 0 Å². The van der Waals surface area contributed by atoms with Crippen LogP contribution in [0.5, 0.6) is 0 Å². The highest BCUT2D eigenvalue weighted by Crippen LogP contribution is 2.29. The Labute approximate surface area is 224 Å². The van der Waals surface area contributed by atoms with Crippen molar-refractivity contribution in [1.29, 1.82) is 0 Å². The molecule has 3 aromatic heterocycles. The van der Waals surface area contributed by atoms with Crippen LogP contribution in [0.1, 0.15) is 0 Å². The van der Waals surface area contributed by atoms with Gasteiger partial charge in [-0.15, -0.1) is 0 Å².